The van der Waals surface area contributed by atoms with E-state index in [0.717, 1.165) is 25.9 Å². The number of nitrogens with zero attached hydrogens (tertiary/aromatic N) is 2. The summed E-state index contributed by atoms with van der Waals surface area (Å²) in [5.41, 5.74) is 13.7. The van der Waals surface area contributed by atoms with Gasteiger partial charge in [-0.15, -0.1) is 0 Å². The summed E-state index contributed by atoms with van der Waals surface area (Å²) in [6, 6.07) is 4.95. The molecular weight excluding hydrogens is 282 g/mol. The Kier molecular flexibility index (Phi) is 4.06. The Bertz CT molecular complexity index is 734. The second-order valence-electron chi connectivity index (χ2n) is 8.12. The van der Waals surface area contributed by atoms with Gasteiger partial charge >= 0.3 is 0 Å². The number of hydrogen-bond acceptors (Lipinski definition) is 2. The van der Waals surface area contributed by atoms with Crippen LogP contribution >= 0.6 is 0 Å². The van der Waals surface area contributed by atoms with Crippen LogP contribution in [-0.2, 0) is 20.1 Å². The SMILES string of the molecule is CCCC(N)c1c(C)n(C)c2cc3c(cc12)CN(C(C)(C)C)C3. The van der Waals surface area contributed by atoms with Gasteiger partial charge in [0.2, 0.25) is 0 Å². The molecule has 2 aromatic rings. The number of aromatic nitrogens is 1. The maximum absolute atomic E-state index is 6.50. The van der Waals surface area contributed by atoms with Crippen LogP contribution in [0.2, 0.25) is 0 Å². The first-order chi connectivity index (χ1) is 10.7. The van der Waals surface area contributed by atoms with E-state index in [9.17, 15) is 0 Å². The van der Waals surface area contributed by atoms with Gasteiger partial charge in [0.1, 0.15) is 0 Å². The van der Waals surface area contributed by atoms with E-state index in [1.54, 1.807) is 0 Å². The number of hydrogen-bond donors (Lipinski definition) is 1. The predicted octanol–water partition coefficient (Wildman–Crippen LogP) is 4.40. The fourth-order valence-corrected chi connectivity index (χ4v) is 3.89. The molecule has 0 radical (unpaired) electrons. The molecule has 0 amide bonds. The number of nitrogens with two attached hydrogens (primary N) is 1. The molecule has 0 saturated carbocycles. The summed E-state index contributed by atoms with van der Waals surface area (Å²) in [6.07, 6.45) is 2.17. The van der Waals surface area contributed by atoms with E-state index in [0.29, 0.717) is 0 Å². The van der Waals surface area contributed by atoms with E-state index in [1.165, 1.54) is 33.3 Å². The maximum atomic E-state index is 6.50. The third kappa shape index (κ3) is 2.70. The highest BCUT2D eigenvalue weighted by Gasteiger charge is 2.29. The monoisotopic (exact) mass is 313 g/mol. The minimum atomic E-state index is 0.141. The van der Waals surface area contributed by atoms with Crippen molar-refractivity contribution < 1.29 is 0 Å². The molecule has 1 aliphatic rings. The topological polar surface area (TPSA) is 34.2 Å². The molecule has 2 heterocycles. The van der Waals surface area contributed by atoms with E-state index < -0.39 is 0 Å². The Hall–Kier alpha value is -1.32. The van der Waals surface area contributed by atoms with Gasteiger partial charge in [0.05, 0.1) is 0 Å². The highest BCUT2D eigenvalue weighted by Crippen LogP contribution is 2.37. The lowest BCUT2D eigenvalue weighted by Gasteiger charge is -2.31. The van der Waals surface area contributed by atoms with Crippen molar-refractivity contribution in [2.75, 3.05) is 0 Å². The molecule has 1 aliphatic heterocycles. The normalized spacial score (nSPS) is 17.0. The van der Waals surface area contributed by atoms with Crippen molar-refractivity contribution in [3.05, 3.63) is 34.5 Å². The molecule has 0 spiro atoms. The van der Waals surface area contributed by atoms with Gasteiger partial charge in [-0.3, -0.25) is 4.90 Å². The van der Waals surface area contributed by atoms with Gasteiger partial charge < -0.3 is 10.3 Å². The summed E-state index contributed by atoms with van der Waals surface area (Å²) in [6.45, 7) is 13.4. The number of benzene rings is 1. The van der Waals surface area contributed by atoms with Crippen LogP contribution in [0.4, 0.5) is 0 Å². The molecule has 2 N–H and O–H groups in total. The molecule has 0 saturated heterocycles. The Morgan fingerprint density at radius 2 is 1.78 bits per heavy atom. The summed E-state index contributed by atoms with van der Waals surface area (Å²) in [4.78, 5) is 2.55. The van der Waals surface area contributed by atoms with Crippen LogP contribution in [0.1, 0.15) is 69.0 Å². The predicted molar refractivity (Wildman–Crippen MR) is 98.5 cm³/mol. The van der Waals surface area contributed by atoms with Crippen molar-refractivity contribution in [2.24, 2.45) is 12.8 Å². The highest BCUT2D eigenvalue weighted by atomic mass is 15.2. The molecule has 23 heavy (non-hydrogen) atoms. The Labute approximate surface area is 140 Å². The van der Waals surface area contributed by atoms with Gasteiger partial charge in [-0.05, 0) is 62.9 Å². The van der Waals surface area contributed by atoms with Gasteiger partial charge in [0.15, 0.2) is 0 Å². The molecular formula is C20H31N3. The fraction of sp³-hybridized carbons (Fsp3) is 0.600. The average molecular weight is 313 g/mol. The fourth-order valence-electron chi connectivity index (χ4n) is 3.89. The lowest BCUT2D eigenvalue weighted by Crippen LogP contribution is -2.36. The lowest BCUT2D eigenvalue weighted by molar-refractivity contribution is 0.136. The second kappa shape index (κ2) is 5.64. The Morgan fingerprint density at radius 3 is 2.35 bits per heavy atom. The highest BCUT2D eigenvalue weighted by molar-refractivity contribution is 5.87. The summed E-state index contributed by atoms with van der Waals surface area (Å²) in [5, 5.41) is 1.36. The van der Waals surface area contributed by atoms with Gasteiger partial charge in [-0.2, -0.15) is 0 Å². The van der Waals surface area contributed by atoms with Crippen LogP contribution in [0.5, 0.6) is 0 Å². The van der Waals surface area contributed by atoms with Crippen molar-refractivity contribution in [2.45, 2.75) is 72.1 Å². The number of aryl methyl sites for hydroxylation is 1. The van der Waals surface area contributed by atoms with Crippen molar-refractivity contribution in [1.82, 2.24) is 9.47 Å². The molecule has 3 nitrogen and oxygen atoms in total. The van der Waals surface area contributed by atoms with Crippen LogP contribution in [0.3, 0.4) is 0 Å². The molecule has 3 heteroatoms. The lowest BCUT2D eigenvalue weighted by atomic mass is 9.98. The zero-order chi connectivity index (χ0) is 16.9. The first-order valence-electron chi connectivity index (χ1n) is 8.85. The Morgan fingerprint density at radius 1 is 1.17 bits per heavy atom. The third-order valence-corrected chi connectivity index (χ3v) is 5.50. The molecule has 1 unspecified atom stereocenters. The van der Waals surface area contributed by atoms with Gasteiger partial charge in [-0.25, -0.2) is 0 Å². The van der Waals surface area contributed by atoms with E-state index in [2.05, 4.69) is 63.3 Å². The van der Waals surface area contributed by atoms with E-state index in [-0.39, 0.29) is 11.6 Å². The molecule has 126 valence electrons. The van der Waals surface area contributed by atoms with Crippen LogP contribution in [-0.4, -0.2) is 15.0 Å². The summed E-state index contributed by atoms with van der Waals surface area (Å²) in [7, 11) is 2.17. The largest absolute Gasteiger partial charge is 0.348 e. The summed E-state index contributed by atoms with van der Waals surface area (Å²) >= 11 is 0. The Balaban J connectivity index is 2.11. The van der Waals surface area contributed by atoms with Crippen LogP contribution in [0, 0.1) is 6.92 Å². The molecule has 1 aromatic heterocycles. The van der Waals surface area contributed by atoms with Crippen molar-refractivity contribution in [3.8, 4) is 0 Å². The van der Waals surface area contributed by atoms with E-state index in [4.69, 9.17) is 5.73 Å². The number of rotatable bonds is 3. The molecule has 0 bridgehead atoms. The van der Waals surface area contributed by atoms with Crippen molar-refractivity contribution >= 4 is 10.9 Å². The first-order valence-corrected chi connectivity index (χ1v) is 8.85. The average Bonchev–Trinajstić information content (AvgIpc) is 2.98. The molecule has 1 aromatic carbocycles. The van der Waals surface area contributed by atoms with Crippen LogP contribution in [0.25, 0.3) is 10.9 Å². The van der Waals surface area contributed by atoms with Gasteiger partial charge in [-0.1, -0.05) is 13.3 Å². The van der Waals surface area contributed by atoms with Crippen molar-refractivity contribution in [3.63, 3.8) is 0 Å². The van der Waals surface area contributed by atoms with Gasteiger partial charge in [0.25, 0.3) is 0 Å². The molecule has 1 atom stereocenters. The maximum Gasteiger partial charge on any atom is 0.0486 e. The minimum Gasteiger partial charge on any atom is -0.348 e. The zero-order valence-corrected chi connectivity index (χ0v) is 15.5. The minimum absolute atomic E-state index is 0.141. The quantitative estimate of drug-likeness (QED) is 0.911. The molecule has 0 aliphatic carbocycles. The second-order valence-corrected chi connectivity index (χ2v) is 8.12. The van der Waals surface area contributed by atoms with E-state index >= 15 is 0 Å². The summed E-state index contributed by atoms with van der Waals surface area (Å²) < 4.78 is 2.32. The standard InChI is InChI=1S/C20H31N3/c1-7-8-17(21)19-13(2)22(6)18-10-15-12-23(20(3,4)5)11-14(15)9-16(18)19/h9-10,17H,7-8,11-12,21H2,1-6H3. The smallest absolute Gasteiger partial charge is 0.0486 e. The summed E-state index contributed by atoms with van der Waals surface area (Å²) in [5.74, 6) is 0. The number of fused-ring (bicyclic) bond motifs is 2. The van der Waals surface area contributed by atoms with Crippen molar-refractivity contribution in [1.29, 1.82) is 0 Å². The van der Waals surface area contributed by atoms with E-state index in [1.807, 2.05) is 0 Å². The zero-order valence-electron chi connectivity index (χ0n) is 15.5. The molecule has 0 fully saturated rings. The van der Waals surface area contributed by atoms with Crippen LogP contribution in [0.15, 0.2) is 12.1 Å². The third-order valence-electron chi connectivity index (χ3n) is 5.50. The molecule has 3 rings (SSSR count). The van der Waals surface area contributed by atoms with Gasteiger partial charge in [0, 0.05) is 48.3 Å². The first kappa shape index (κ1) is 16.5. The van der Waals surface area contributed by atoms with Crippen LogP contribution < -0.4 is 5.73 Å².